The predicted octanol–water partition coefficient (Wildman–Crippen LogP) is 4.02. The van der Waals surface area contributed by atoms with E-state index in [1.807, 2.05) is 6.20 Å². The Morgan fingerprint density at radius 2 is 2.14 bits per heavy atom. The number of nitrogens with one attached hydrogen (secondary N) is 1. The molecule has 1 N–H and O–H groups in total. The van der Waals surface area contributed by atoms with E-state index in [9.17, 15) is 9.59 Å². The van der Waals surface area contributed by atoms with Crippen LogP contribution in [0.3, 0.4) is 0 Å². The van der Waals surface area contributed by atoms with Crippen molar-refractivity contribution in [2.24, 2.45) is 5.92 Å². The molecule has 0 radical (unpaired) electrons. The van der Waals surface area contributed by atoms with Gasteiger partial charge in [-0.25, -0.2) is 9.97 Å². The number of fused-ring (bicyclic) bond motifs is 1. The highest BCUT2D eigenvalue weighted by molar-refractivity contribution is 6.03. The van der Waals surface area contributed by atoms with Crippen LogP contribution in [0.2, 0.25) is 0 Å². The number of carbonyl (C=O) groups is 1. The van der Waals surface area contributed by atoms with Gasteiger partial charge >= 0.3 is 0 Å². The summed E-state index contributed by atoms with van der Waals surface area (Å²) in [5.41, 5.74) is 1.51. The highest BCUT2D eigenvalue weighted by Gasteiger charge is 2.35. The van der Waals surface area contributed by atoms with Crippen LogP contribution >= 0.6 is 0 Å². The molecule has 3 atom stereocenters. The van der Waals surface area contributed by atoms with E-state index >= 15 is 0 Å². The second-order valence-corrected chi connectivity index (χ2v) is 7.98. The fraction of sp³-hybridized carbons (Fsp3) is 0.455. The number of pyridine rings is 1. The van der Waals surface area contributed by atoms with Gasteiger partial charge in [0.2, 0.25) is 5.78 Å². The second-order valence-electron chi connectivity index (χ2n) is 7.98. The molecule has 0 bridgehead atoms. The molecule has 1 fully saturated rings. The highest BCUT2D eigenvalue weighted by Crippen LogP contribution is 2.41. The summed E-state index contributed by atoms with van der Waals surface area (Å²) in [6.45, 7) is 6.44. The standard InChI is InChI=1S/C22H27N5O2/c1-4-7-15(5-2)18-13-26-12-16(11-23-22(26)25-18)20(28)24-17-8-6-9-27(21(17)29)19-10-14(19)3/h6,8-9,11-15,19H,4-5,7,10H2,1-3H3,(H,24,28)/t14-,15?,19-/m1/s1. The third-order valence-corrected chi connectivity index (χ3v) is 5.79. The zero-order valence-electron chi connectivity index (χ0n) is 17.1. The fourth-order valence-electron chi connectivity index (χ4n) is 3.88. The van der Waals surface area contributed by atoms with Crippen LogP contribution in [0.5, 0.6) is 0 Å². The Kier molecular flexibility index (Phi) is 5.22. The van der Waals surface area contributed by atoms with Gasteiger partial charge in [-0.15, -0.1) is 0 Å². The second kappa shape index (κ2) is 7.81. The number of anilines is 1. The molecule has 1 aliphatic carbocycles. The van der Waals surface area contributed by atoms with E-state index in [4.69, 9.17) is 0 Å². The lowest BCUT2D eigenvalue weighted by Crippen LogP contribution is -2.25. The van der Waals surface area contributed by atoms with Gasteiger partial charge in [-0.05, 0) is 37.3 Å². The van der Waals surface area contributed by atoms with Gasteiger partial charge in [-0.2, -0.15) is 0 Å². The van der Waals surface area contributed by atoms with Crippen molar-refractivity contribution in [3.63, 3.8) is 0 Å². The number of amides is 1. The average molecular weight is 393 g/mol. The Morgan fingerprint density at radius 3 is 2.83 bits per heavy atom. The van der Waals surface area contributed by atoms with Crippen LogP contribution < -0.4 is 10.9 Å². The number of nitrogens with zero attached hydrogens (tertiary/aromatic N) is 4. The maximum Gasteiger partial charge on any atom is 0.274 e. The van der Waals surface area contributed by atoms with E-state index < -0.39 is 0 Å². The molecule has 0 saturated heterocycles. The molecule has 0 spiro atoms. The molecule has 4 rings (SSSR count). The number of imidazole rings is 1. The third kappa shape index (κ3) is 3.81. The van der Waals surface area contributed by atoms with Crippen molar-refractivity contribution < 1.29 is 4.79 Å². The largest absolute Gasteiger partial charge is 0.317 e. The minimum Gasteiger partial charge on any atom is -0.317 e. The number of hydrogen-bond donors (Lipinski definition) is 1. The minimum absolute atomic E-state index is 0.167. The summed E-state index contributed by atoms with van der Waals surface area (Å²) in [5, 5.41) is 2.74. The first-order chi connectivity index (χ1) is 14.0. The van der Waals surface area contributed by atoms with Crippen LogP contribution in [-0.2, 0) is 0 Å². The molecule has 0 aliphatic heterocycles. The summed E-state index contributed by atoms with van der Waals surface area (Å²) in [6.07, 6.45) is 11.2. The van der Waals surface area contributed by atoms with Crippen molar-refractivity contribution in [1.29, 1.82) is 0 Å². The summed E-state index contributed by atoms with van der Waals surface area (Å²) < 4.78 is 3.50. The molecule has 0 aromatic carbocycles. The molecule has 3 aromatic rings. The number of rotatable bonds is 7. The Labute approximate surface area is 169 Å². The lowest BCUT2D eigenvalue weighted by atomic mass is 9.98. The van der Waals surface area contributed by atoms with Crippen molar-refractivity contribution in [1.82, 2.24) is 18.9 Å². The quantitative estimate of drug-likeness (QED) is 0.657. The number of aromatic nitrogens is 4. The SMILES string of the molecule is CCCC(CC)c1cn2cc(C(=O)Nc3cccn([C@@H]4C[C@H]4C)c3=O)cnc2n1. The first-order valence-corrected chi connectivity index (χ1v) is 10.4. The van der Waals surface area contributed by atoms with E-state index in [-0.39, 0.29) is 23.2 Å². The van der Waals surface area contributed by atoms with Gasteiger partial charge in [0, 0.05) is 36.7 Å². The minimum atomic E-state index is -0.353. The molecular formula is C22H27N5O2. The zero-order valence-corrected chi connectivity index (χ0v) is 17.1. The van der Waals surface area contributed by atoms with Crippen molar-refractivity contribution in [2.45, 2.75) is 58.4 Å². The van der Waals surface area contributed by atoms with Crippen LogP contribution in [0.15, 0.2) is 41.7 Å². The van der Waals surface area contributed by atoms with E-state index in [0.717, 1.165) is 31.4 Å². The summed E-state index contributed by atoms with van der Waals surface area (Å²) >= 11 is 0. The molecule has 29 heavy (non-hydrogen) atoms. The predicted molar refractivity (Wildman–Crippen MR) is 112 cm³/mol. The average Bonchev–Trinajstić information content (AvgIpc) is 3.28. The maximum atomic E-state index is 12.7. The Hall–Kier alpha value is -2.96. The van der Waals surface area contributed by atoms with Crippen LogP contribution in [0.1, 0.15) is 74.5 Å². The van der Waals surface area contributed by atoms with Crippen LogP contribution in [-0.4, -0.2) is 24.8 Å². The van der Waals surface area contributed by atoms with E-state index in [0.29, 0.717) is 23.2 Å². The Bertz CT molecular complexity index is 1100. The van der Waals surface area contributed by atoms with Gasteiger partial charge < -0.3 is 9.88 Å². The monoisotopic (exact) mass is 393 g/mol. The zero-order chi connectivity index (χ0) is 20.5. The Balaban J connectivity index is 1.57. The van der Waals surface area contributed by atoms with Crippen molar-refractivity contribution >= 4 is 17.4 Å². The van der Waals surface area contributed by atoms with Crippen molar-refractivity contribution in [3.8, 4) is 0 Å². The summed E-state index contributed by atoms with van der Waals surface area (Å²) in [6, 6.07) is 3.67. The fourth-order valence-corrected chi connectivity index (χ4v) is 3.88. The van der Waals surface area contributed by atoms with E-state index in [2.05, 4.69) is 36.1 Å². The van der Waals surface area contributed by atoms with E-state index in [1.54, 1.807) is 33.5 Å². The smallest absolute Gasteiger partial charge is 0.274 e. The third-order valence-electron chi connectivity index (χ3n) is 5.79. The summed E-state index contributed by atoms with van der Waals surface area (Å²) in [4.78, 5) is 34.4. The van der Waals surface area contributed by atoms with E-state index in [1.165, 1.54) is 6.20 Å². The first-order valence-electron chi connectivity index (χ1n) is 10.4. The molecule has 3 aromatic heterocycles. The van der Waals surface area contributed by atoms with Crippen molar-refractivity contribution in [3.05, 3.63) is 58.5 Å². The maximum absolute atomic E-state index is 12.7. The Morgan fingerprint density at radius 1 is 1.34 bits per heavy atom. The van der Waals surface area contributed by atoms with Crippen LogP contribution in [0.25, 0.3) is 5.78 Å². The number of carbonyl (C=O) groups excluding carboxylic acids is 1. The normalized spacial score (nSPS) is 19.3. The van der Waals surface area contributed by atoms with Gasteiger partial charge in [-0.3, -0.25) is 14.0 Å². The van der Waals surface area contributed by atoms with Crippen LogP contribution in [0, 0.1) is 5.92 Å². The molecule has 3 heterocycles. The van der Waals surface area contributed by atoms with Gasteiger partial charge in [0.1, 0.15) is 5.69 Å². The summed E-state index contributed by atoms with van der Waals surface area (Å²) in [7, 11) is 0. The molecule has 1 unspecified atom stereocenters. The number of hydrogen-bond acceptors (Lipinski definition) is 4. The molecule has 1 aliphatic rings. The molecule has 1 amide bonds. The molecule has 1 saturated carbocycles. The highest BCUT2D eigenvalue weighted by atomic mass is 16.2. The van der Waals surface area contributed by atoms with Gasteiger partial charge in [0.05, 0.1) is 11.3 Å². The first kappa shape index (κ1) is 19.4. The molecule has 152 valence electrons. The van der Waals surface area contributed by atoms with Crippen molar-refractivity contribution in [2.75, 3.05) is 5.32 Å². The van der Waals surface area contributed by atoms with Gasteiger partial charge in [0.15, 0.2) is 0 Å². The topological polar surface area (TPSA) is 81.3 Å². The lowest BCUT2D eigenvalue weighted by molar-refractivity contribution is 0.102. The van der Waals surface area contributed by atoms with Gasteiger partial charge in [0.25, 0.3) is 11.5 Å². The molecule has 7 heteroatoms. The van der Waals surface area contributed by atoms with Crippen LogP contribution in [0.4, 0.5) is 5.69 Å². The molecular weight excluding hydrogens is 366 g/mol. The molecule has 7 nitrogen and oxygen atoms in total. The summed E-state index contributed by atoms with van der Waals surface area (Å²) in [5.74, 6) is 1.12. The lowest BCUT2D eigenvalue weighted by Gasteiger charge is -2.09. The van der Waals surface area contributed by atoms with Gasteiger partial charge in [-0.1, -0.05) is 27.2 Å².